The van der Waals surface area contributed by atoms with Crippen LogP contribution in [0.3, 0.4) is 0 Å². The van der Waals surface area contributed by atoms with Crippen LogP contribution in [0.5, 0.6) is 0 Å². The minimum atomic E-state index is 0.0000419. The Morgan fingerprint density at radius 2 is 1.59 bits per heavy atom. The van der Waals surface area contributed by atoms with Crippen LogP contribution in [0.2, 0.25) is 5.02 Å². The molecule has 4 rings (SSSR count). The van der Waals surface area contributed by atoms with Crippen LogP contribution in [-0.2, 0) is 11.2 Å². The molecule has 6 heteroatoms. The first-order valence-corrected chi connectivity index (χ1v) is 12.7. The third-order valence-electron chi connectivity index (χ3n) is 5.81. The second-order valence-corrected chi connectivity index (χ2v) is 10.0. The first-order valence-electron chi connectivity index (χ1n) is 11.3. The molecular formula is C28H28ClN3OS. The fourth-order valence-corrected chi connectivity index (χ4v) is 4.59. The van der Waals surface area contributed by atoms with E-state index in [2.05, 4.69) is 62.5 Å². The highest BCUT2D eigenvalue weighted by Crippen LogP contribution is 2.36. The standard InChI is InChI=1S/C28H28ClN3OS/c1-18-4-8-22(9-5-18)24-16-28(32-26-15-20(3)19(2)14-25(26)31-24)34-17-27(33)30-13-12-21-6-10-23(29)11-7-21/h4-11,14-15H,12-13,16-17H2,1-3H3,(H,30,33). The van der Waals surface area contributed by atoms with Crippen LogP contribution in [0, 0.1) is 20.8 Å². The predicted molar refractivity (Wildman–Crippen MR) is 146 cm³/mol. The highest BCUT2D eigenvalue weighted by molar-refractivity contribution is 8.14. The molecule has 1 heterocycles. The fourth-order valence-electron chi connectivity index (χ4n) is 3.66. The zero-order valence-corrected chi connectivity index (χ0v) is 21.3. The van der Waals surface area contributed by atoms with Crippen LogP contribution in [0.15, 0.2) is 70.6 Å². The zero-order valence-electron chi connectivity index (χ0n) is 19.7. The normalized spacial score (nSPS) is 12.9. The van der Waals surface area contributed by atoms with Gasteiger partial charge >= 0.3 is 0 Å². The first-order chi connectivity index (χ1) is 16.4. The third-order valence-corrected chi connectivity index (χ3v) is 7.04. The van der Waals surface area contributed by atoms with E-state index in [1.54, 1.807) is 0 Å². The summed E-state index contributed by atoms with van der Waals surface area (Å²) in [4.78, 5) is 22.4. The molecule has 0 bridgehead atoms. The molecule has 34 heavy (non-hydrogen) atoms. The summed E-state index contributed by atoms with van der Waals surface area (Å²) in [5, 5.41) is 4.62. The number of hydrogen-bond donors (Lipinski definition) is 1. The number of aliphatic imine (C=N–C) groups is 2. The smallest absolute Gasteiger partial charge is 0.230 e. The summed E-state index contributed by atoms with van der Waals surface area (Å²) in [6, 6.07) is 20.3. The van der Waals surface area contributed by atoms with Crippen molar-refractivity contribution in [1.82, 2.24) is 5.32 Å². The van der Waals surface area contributed by atoms with E-state index >= 15 is 0 Å². The number of hydrogen-bond acceptors (Lipinski definition) is 4. The number of benzene rings is 3. The van der Waals surface area contributed by atoms with E-state index in [4.69, 9.17) is 21.6 Å². The fraction of sp³-hybridized carbons (Fsp3) is 0.250. The van der Waals surface area contributed by atoms with Gasteiger partial charge in [0.1, 0.15) is 0 Å². The molecule has 3 aromatic carbocycles. The Morgan fingerprint density at radius 1 is 0.941 bits per heavy atom. The van der Waals surface area contributed by atoms with Gasteiger partial charge in [0.05, 0.1) is 27.9 Å². The highest BCUT2D eigenvalue weighted by atomic mass is 35.5. The first kappa shape index (κ1) is 24.2. The second-order valence-electron chi connectivity index (χ2n) is 8.55. The van der Waals surface area contributed by atoms with Crippen molar-refractivity contribution >= 4 is 51.4 Å². The molecule has 0 fully saturated rings. The number of rotatable bonds is 6. The van der Waals surface area contributed by atoms with Gasteiger partial charge in [-0.25, -0.2) is 4.99 Å². The minimum absolute atomic E-state index is 0.0000419. The van der Waals surface area contributed by atoms with Gasteiger partial charge in [0.2, 0.25) is 5.91 Å². The van der Waals surface area contributed by atoms with Crippen LogP contribution in [0.25, 0.3) is 0 Å². The van der Waals surface area contributed by atoms with Gasteiger partial charge < -0.3 is 5.32 Å². The number of nitrogens with zero attached hydrogens (tertiary/aromatic N) is 2. The SMILES string of the molecule is Cc1ccc(C2=Nc3cc(C)c(C)cc3N=C(SCC(=O)NCCc3ccc(Cl)cc3)C2)cc1. The molecule has 1 N–H and O–H groups in total. The van der Waals surface area contributed by atoms with Gasteiger partial charge in [-0.2, -0.15) is 0 Å². The van der Waals surface area contributed by atoms with Crippen LogP contribution in [-0.4, -0.2) is 29.0 Å². The zero-order chi connectivity index (χ0) is 24.1. The second kappa shape index (κ2) is 11.0. The maximum atomic E-state index is 12.5. The van der Waals surface area contributed by atoms with Gasteiger partial charge in [0.25, 0.3) is 0 Å². The molecule has 3 aromatic rings. The summed E-state index contributed by atoms with van der Waals surface area (Å²) in [6.07, 6.45) is 1.36. The van der Waals surface area contributed by atoms with E-state index in [1.807, 2.05) is 24.3 Å². The monoisotopic (exact) mass is 489 g/mol. The van der Waals surface area contributed by atoms with Crippen molar-refractivity contribution in [2.45, 2.75) is 33.6 Å². The van der Waals surface area contributed by atoms with Crippen molar-refractivity contribution in [2.24, 2.45) is 9.98 Å². The molecule has 0 aliphatic carbocycles. The highest BCUT2D eigenvalue weighted by Gasteiger charge is 2.17. The van der Waals surface area contributed by atoms with Crippen LogP contribution >= 0.6 is 23.4 Å². The Hall–Kier alpha value is -2.89. The molecule has 0 aromatic heterocycles. The lowest BCUT2D eigenvalue weighted by atomic mass is 10.1. The number of fused-ring (bicyclic) bond motifs is 1. The molecule has 0 spiro atoms. The van der Waals surface area contributed by atoms with Gasteiger partial charge in [-0.15, -0.1) is 11.8 Å². The molecule has 174 valence electrons. The Labute approximate surface area is 210 Å². The maximum absolute atomic E-state index is 12.5. The lowest BCUT2D eigenvalue weighted by Gasteiger charge is -2.09. The molecule has 0 saturated heterocycles. The maximum Gasteiger partial charge on any atom is 0.230 e. The Morgan fingerprint density at radius 3 is 2.26 bits per heavy atom. The summed E-state index contributed by atoms with van der Waals surface area (Å²) in [5.74, 6) is 0.320. The van der Waals surface area contributed by atoms with E-state index < -0.39 is 0 Å². The topological polar surface area (TPSA) is 53.8 Å². The molecule has 0 atom stereocenters. The lowest BCUT2D eigenvalue weighted by Crippen LogP contribution is -2.27. The number of halogens is 1. The van der Waals surface area contributed by atoms with Gasteiger partial charge in [0.15, 0.2) is 0 Å². The van der Waals surface area contributed by atoms with E-state index in [9.17, 15) is 4.79 Å². The molecule has 1 aliphatic rings. The van der Waals surface area contributed by atoms with Gasteiger partial charge in [-0.1, -0.05) is 53.6 Å². The van der Waals surface area contributed by atoms with Gasteiger partial charge in [-0.3, -0.25) is 9.79 Å². The molecular weight excluding hydrogens is 462 g/mol. The molecule has 0 radical (unpaired) electrons. The van der Waals surface area contributed by atoms with Crippen molar-refractivity contribution < 1.29 is 4.79 Å². The van der Waals surface area contributed by atoms with E-state index in [0.29, 0.717) is 23.7 Å². The number of carbonyl (C=O) groups is 1. The Balaban J connectivity index is 1.45. The number of carbonyl (C=O) groups excluding carboxylic acids is 1. The van der Waals surface area contributed by atoms with Gasteiger partial charge in [-0.05, 0) is 73.7 Å². The molecule has 1 aliphatic heterocycles. The van der Waals surface area contributed by atoms with Crippen molar-refractivity contribution in [3.8, 4) is 0 Å². The summed E-state index contributed by atoms with van der Waals surface area (Å²) in [5.41, 5.74) is 8.51. The molecule has 0 unspecified atom stereocenters. The van der Waals surface area contributed by atoms with Crippen LogP contribution in [0.4, 0.5) is 11.4 Å². The van der Waals surface area contributed by atoms with E-state index in [-0.39, 0.29) is 5.91 Å². The van der Waals surface area contributed by atoms with Crippen molar-refractivity contribution in [3.63, 3.8) is 0 Å². The average molecular weight is 490 g/mol. The summed E-state index contributed by atoms with van der Waals surface area (Å²) < 4.78 is 0. The molecule has 4 nitrogen and oxygen atoms in total. The minimum Gasteiger partial charge on any atom is -0.355 e. The van der Waals surface area contributed by atoms with Crippen LogP contribution < -0.4 is 5.32 Å². The predicted octanol–water partition coefficient (Wildman–Crippen LogP) is 6.91. The van der Waals surface area contributed by atoms with Crippen molar-refractivity contribution in [2.75, 3.05) is 12.3 Å². The summed E-state index contributed by atoms with van der Waals surface area (Å²) in [7, 11) is 0. The van der Waals surface area contributed by atoms with Crippen LogP contribution in [0.1, 0.15) is 34.2 Å². The lowest BCUT2D eigenvalue weighted by molar-refractivity contribution is -0.118. The summed E-state index contributed by atoms with van der Waals surface area (Å²) >= 11 is 7.42. The van der Waals surface area contributed by atoms with Gasteiger partial charge in [0, 0.05) is 18.0 Å². The largest absolute Gasteiger partial charge is 0.355 e. The summed E-state index contributed by atoms with van der Waals surface area (Å²) in [6.45, 7) is 6.84. The number of amides is 1. The molecule has 1 amide bonds. The third kappa shape index (κ3) is 6.37. The average Bonchev–Trinajstić information content (AvgIpc) is 2.99. The number of thioether (sulfide) groups is 1. The molecule has 0 saturated carbocycles. The van der Waals surface area contributed by atoms with Crippen molar-refractivity contribution in [1.29, 1.82) is 0 Å². The Kier molecular flexibility index (Phi) is 7.86. The number of aryl methyl sites for hydroxylation is 3. The number of nitrogens with one attached hydrogen (secondary N) is 1. The van der Waals surface area contributed by atoms with E-state index in [1.165, 1.54) is 28.5 Å². The van der Waals surface area contributed by atoms with E-state index in [0.717, 1.165) is 39.7 Å². The van der Waals surface area contributed by atoms with Crippen molar-refractivity contribution in [3.05, 3.63) is 93.5 Å². The quantitative estimate of drug-likeness (QED) is 0.409. The Bertz CT molecular complexity index is 1250.